The van der Waals surface area contributed by atoms with Crippen molar-refractivity contribution in [3.63, 3.8) is 0 Å². The molecular weight excluding hydrogens is 158 g/mol. The summed E-state index contributed by atoms with van der Waals surface area (Å²) in [5.74, 6) is 0. The zero-order valence-corrected chi connectivity index (χ0v) is 9.47. The molecule has 78 valence electrons. The van der Waals surface area contributed by atoms with E-state index >= 15 is 0 Å². The molecule has 0 fully saturated rings. The van der Waals surface area contributed by atoms with Crippen LogP contribution < -0.4 is 5.32 Å². The maximum absolute atomic E-state index is 3.49. The predicted octanol–water partition coefficient (Wildman–Crippen LogP) is 3.51. The Morgan fingerprint density at radius 1 is 1.15 bits per heavy atom. The fourth-order valence-corrected chi connectivity index (χ4v) is 1.12. The summed E-state index contributed by atoms with van der Waals surface area (Å²) in [5.41, 5.74) is 0. The molecule has 1 atom stereocenters. The standard InChI is InChI=1S/C12H25N/c1-4-6-7-8-9-10-11-13-12(3)5-2/h7-8,12-13H,4-6,9-11H2,1-3H3/b8-7-/t12-/m0/s1. The number of allylic oxidation sites excluding steroid dienone is 2. The molecule has 0 aromatic heterocycles. The highest BCUT2D eigenvalue weighted by atomic mass is 14.9. The first-order valence-corrected chi connectivity index (χ1v) is 5.69. The van der Waals surface area contributed by atoms with Crippen LogP contribution in [0.2, 0.25) is 0 Å². The lowest BCUT2D eigenvalue weighted by atomic mass is 10.2. The summed E-state index contributed by atoms with van der Waals surface area (Å²) in [4.78, 5) is 0. The van der Waals surface area contributed by atoms with E-state index in [9.17, 15) is 0 Å². The molecule has 0 rings (SSSR count). The Labute approximate surface area is 83.6 Å². The van der Waals surface area contributed by atoms with E-state index in [1.165, 1.54) is 32.1 Å². The quantitative estimate of drug-likeness (QED) is 0.448. The number of hydrogen-bond donors (Lipinski definition) is 1. The van der Waals surface area contributed by atoms with Crippen LogP contribution in [0.1, 0.15) is 52.9 Å². The molecule has 1 heteroatoms. The van der Waals surface area contributed by atoms with Gasteiger partial charge in [0.2, 0.25) is 0 Å². The Morgan fingerprint density at radius 3 is 2.46 bits per heavy atom. The molecule has 0 bridgehead atoms. The molecule has 1 nitrogen and oxygen atoms in total. The van der Waals surface area contributed by atoms with Crippen molar-refractivity contribution in [2.75, 3.05) is 6.54 Å². The molecule has 1 N–H and O–H groups in total. The SMILES string of the molecule is CCC/C=C\CCCN[C@@H](C)CC. The normalized spacial score (nSPS) is 13.8. The first-order chi connectivity index (χ1) is 6.31. The second-order valence-corrected chi connectivity index (χ2v) is 3.67. The Kier molecular flexibility index (Phi) is 9.56. The Morgan fingerprint density at radius 2 is 1.85 bits per heavy atom. The molecule has 0 radical (unpaired) electrons. The lowest BCUT2D eigenvalue weighted by Gasteiger charge is -2.09. The molecule has 0 aromatic carbocycles. The molecule has 0 aromatic rings. The van der Waals surface area contributed by atoms with Gasteiger partial charge in [-0.1, -0.05) is 32.4 Å². The predicted molar refractivity (Wildman–Crippen MR) is 61.0 cm³/mol. The first-order valence-electron chi connectivity index (χ1n) is 5.69. The zero-order valence-electron chi connectivity index (χ0n) is 9.47. The summed E-state index contributed by atoms with van der Waals surface area (Å²) in [6.45, 7) is 7.84. The van der Waals surface area contributed by atoms with Gasteiger partial charge in [-0.2, -0.15) is 0 Å². The molecular formula is C12H25N. The van der Waals surface area contributed by atoms with Crippen molar-refractivity contribution in [2.24, 2.45) is 0 Å². The van der Waals surface area contributed by atoms with Crippen LogP contribution in [0.4, 0.5) is 0 Å². The van der Waals surface area contributed by atoms with E-state index in [0.717, 1.165) is 6.54 Å². The van der Waals surface area contributed by atoms with Crippen molar-refractivity contribution in [3.05, 3.63) is 12.2 Å². The average molecular weight is 183 g/mol. The maximum Gasteiger partial charge on any atom is 0.00361 e. The van der Waals surface area contributed by atoms with Gasteiger partial charge in [0, 0.05) is 6.04 Å². The summed E-state index contributed by atoms with van der Waals surface area (Å²) in [6, 6.07) is 0.680. The topological polar surface area (TPSA) is 12.0 Å². The second kappa shape index (κ2) is 9.79. The highest BCUT2D eigenvalue weighted by Crippen LogP contribution is 1.95. The van der Waals surface area contributed by atoms with Gasteiger partial charge in [-0.25, -0.2) is 0 Å². The molecule has 0 spiro atoms. The van der Waals surface area contributed by atoms with Crippen molar-refractivity contribution in [2.45, 2.75) is 58.9 Å². The molecule has 0 amide bonds. The highest BCUT2D eigenvalue weighted by Gasteiger charge is 1.94. The summed E-state index contributed by atoms with van der Waals surface area (Å²) >= 11 is 0. The minimum atomic E-state index is 0.680. The molecule has 0 aliphatic carbocycles. The van der Waals surface area contributed by atoms with Crippen molar-refractivity contribution in [3.8, 4) is 0 Å². The van der Waals surface area contributed by atoms with Crippen LogP contribution in [0.3, 0.4) is 0 Å². The van der Waals surface area contributed by atoms with Crippen molar-refractivity contribution in [1.82, 2.24) is 5.32 Å². The van der Waals surface area contributed by atoms with E-state index in [1.54, 1.807) is 0 Å². The van der Waals surface area contributed by atoms with Crippen LogP contribution in [0.5, 0.6) is 0 Å². The minimum absolute atomic E-state index is 0.680. The van der Waals surface area contributed by atoms with Gasteiger partial charge in [0.05, 0.1) is 0 Å². The molecule has 0 unspecified atom stereocenters. The van der Waals surface area contributed by atoms with Crippen LogP contribution in [0.25, 0.3) is 0 Å². The van der Waals surface area contributed by atoms with Gasteiger partial charge in [0.15, 0.2) is 0 Å². The molecule has 0 aliphatic heterocycles. The smallest absolute Gasteiger partial charge is 0.00361 e. The largest absolute Gasteiger partial charge is 0.314 e. The van der Waals surface area contributed by atoms with Gasteiger partial charge < -0.3 is 5.32 Å². The molecule has 0 aliphatic rings. The van der Waals surface area contributed by atoms with Crippen LogP contribution >= 0.6 is 0 Å². The third-order valence-electron chi connectivity index (χ3n) is 2.27. The van der Waals surface area contributed by atoms with E-state index in [-0.39, 0.29) is 0 Å². The second-order valence-electron chi connectivity index (χ2n) is 3.67. The van der Waals surface area contributed by atoms with Crippen LogP contribution in [-0.2, 0) is 0 Å². The van der Waals surface area contributed by atoms with E-state index in [0.29, 0.717) is 6.04 Å². The van der Waals surface area contributed by atoms with Crippen LogP contribution in [-0.4, -0.2) is 12.6 Å². The number of nitrogens with one attached hydrogen (secondary N) is 1. The van der Waals surface area contributed by atoms with E-state index in [4.69, 9.17) is 0 Å². The third-order valence-corrected chi connectivity index (χ3v) is 2.27. The summed E-state index contributed by atoms with van der Waals surface area (Å²) in [5, 5.41) is 3.49. The van der Waals surface area contributed by atoms with Crippen molar-refractivity contribution < 1.29 is 0 Å². The zero-order chi connectivity index (χ0) is 9.94. The van der Waals surface area contributed by atoms with Gasteiger partial charge in [-0.3, -0.25) is 0 Å². The van der Waals surface area contributed by atoms with Crippen molar-refractivity contribution in [1.29, 1.82) is 0 Å². The van der Waals surface area contributed by atoms with Gasteiger partial charge in [0.1, 0.15) is 0 Å². The first kappa shape index (κ1) is 12.7. The Hall–Kier alpha value is -0.300. The number of unbranched alkanes of at least 4 members (excludes halogenated alkanes) is 2. The number of rotatable bonds is 8. The third kappa shape index (κ3) is 9.62. The molecule has 13 heavy (non-hydrogen) atoms. The fourth-order valence-electron chi connectivity index (χ4n) is 1.12. The average Bonchev–Trinajstić information content (AvgIpc) is 2.16. The van der Waals surface area contributed by atoms with Crippen LogP contribution in [0.15, 0.2) is 12.2 Å². The number of hydrogen-bond acceptors (Lipinski definition) is 1. The molecule has 0 heterocycles. The van der Waals surface area contributed by atoms with Crippen LogP contribution in [0, 0.1) is 0 Å². The van der Waals surface area contributed by atoms with Gasteiger partial charge in [-0.05, 0) is 39.2 Å². The van der Waals surface area contributed by atoms with Gasteiger partial charge in [0.25, 0.3) is 0 Å². The Bertz CT molecular complexity index is 118. The van der Waals surface area contributed by atoms with Crippen molar-refractivity contribution >= 4 is 0 Å². The summed E-state index contributed by atoms with van der Waals surface area (Å²) in [6.07, 6.45) is 10.8. The minimum Gasteiger partial charge on any atom is -0.314 e. The highest BCUT2D eigenvalue weighted by molar-refractivity contribution is 4.81. The molecule has 0 saturated heterocycles. The maximum atomic E-state index is 3.49. The fraction of sp³-hybridized carbons (Fsp3) is 0.833. The Balaban J connectivity index is 3.07. The lowest BCUT2D eigenvalue weighted by Crippen LogP contribution is -2.25. The summed E-state index contributed by atoms with van der Waals surface area (Å²) < 4.78 is 0. The summed E-state index contributed by atoms with van der Waals surface area (Å²) in [7, 11) is 0. The van der Waals surface area contributed by atoms with E-state index in [1.807, 2.05) is 0 Å². The molecule has 0 saturated carbocycles. The van der Waals surface area contributed by atoms with Gasteiger partial charge in [-0.15, -0.1) is 0 Å². The monoisotopic (exact) mass is 183 g/mol. The van der Waals surface area contributed by atoms with E-state index in [2.05, 4.69) is 38.2 Å². The van der Waals surface area contributed by atoms with Gasteiger partial charge >= 0.3 is 0 Å². The van der Waals surface area contributed by atoms with E-state index < -0.39 is 0 Å². The lowest BCUT2D eigenvalue weighted by molar-refractivity contribution is 0.526.